The smallest absolute Gasteiger partial charge is 0.128 e. The van der Waals surface area contributed by atoms with Gasteiger partial charge in [-0.05, 0) is 37.3 Å². The van der Waals surface area contributed by atoms with E-state index in [4.69, 9.17) is 10.5 Å². The van der Waals surface area contributed by atoms with E-state index in [9.17, 15) is 4.39 Å². The molecule has 2 atom stereocenters. The maximum Gasteiger partial charge on any atom is 0.128 e. The third-order valence-corrected chi connectivity index (χ3v) is 3.82. The molecule has 1 aromatic rings. The van der Waals surface area contributed by atoms with Crippen molar-refractivity contribution in [1.29, 1.82) is 0 Å². The van der Waals surface area contributed by atoms with E-state index in [2.05, 4.69) is 18.8 Å². The molecule has 2 N–H and O–H groups in total. The Bertz CT molecular complexity index is 503. The molecule has 1 fully saturated rings. The van der Waals surface area contributed by atoms with Gasteiger partial charge in [-0.1, -0.05) is 31.6 Å². The van der Waals surface area contributed by atoms with Crippen LogP contribution >= 0.6 is 0 Å². The van der Waals surface area contributed by atoms with Crippen LogP contribution in [0.4, 0.5) is 4.39 Å². The van der Waals surface area contributed by atoms with Crippen LogP contribution in [0.25, 0.3) is 0 Å². The average molecular weight is 275 g/mol. The van der Waals surface area contributed by atoms with Gasteiger partial charge in [0.05, 0.1) is 12.6 Å². The Hall–Kier alpha value is -1.53. The van der Waals surface area contributed by atoms with Crippen molar-refractivity contribution >= 4 is 0 Å². The van der Waals surface area contributed by atoms with Gasteiger partial charge in [0.2, 0.25) is 0 Å². The van der Waals surface area contributed by atoms with Gasteiger partial charge in [0.15, 0.2) is 0 Å². The Balaban J connectivity index is 2.06. The second-order valence-electron chi connectivity index (χ2n) is 5.36. The molecule has 0 amide bonds. The quantitative estimate of drug-likeness (QED) is 0.857. The van der Waals surface area contributed by atoms with E-state index in [1.54, 1.807) is 6.07 Å². The number of nitrogens with two attached hydrogens (primary N) is 1. The molecule has 0 radical (unpaired) electrons. The minimum atomic E-state index is -0.313. The van der Waals surface area contributed by atoms with Gasteiger partial charge in [-0.15, -0.1) is 0 Å². The first-order valence-electron chi connectivity index (χ1n) is 7.37. The number of rotatable bonds is 3. The first-order chi connectivity index (χ1) is 9.71. The largest absolute Gasteiger partial charge is 0.490 e. The van der Waals surface area contributed by atoms with Crippen molar-refractivity contribution in [2.75, 3.05) is 6.54 Å². The highest BCUT2D eigenvalue weighted by Gasteiger charge is 2.22. The van der Waals surface area contributed by atoms with Crippen molar-refractivity contribution in [2.45, 2.75) is 45.1 Å². The van der Waals surface area contributed by atoms with E-state index < -0.39 is 0 Å². The molecule has 0 spiro atoms. The lowest BCUT2D eigenvalue weighted by Gasteiger charge is -2.29. The first kappa shape index (κ1) is 14.9. The summed E-state index contributed by atoms with van der Waals surface area (Å²) in [5.41, 5.74) is 5.95. The molecule has 0 bridgehead atoms. The highest BCUT2D eigenvalue weighted by Crippen LogP contribution is 2.30. The summed E-state index contributed by atoms with van der Waals surface area (Å²) in [5.74, 6) is 6.58. The summed E-state index contributed by atoms with van der Waals surface area (Å²) >= 11 is 0. The Morgan fingerprint density at radius 2 is 2.20 bits per heavy atom. The summed E-state index contributed by atoms with van der Waals surface area (Å²) in [6.07, 6.45) is 5.99. The van der Waals surface area contributed by atoms with Gasteiger partial charge in [0.1, 0.15) is 11.6 Å². The van der Waals surface area contributed by atoms with Gasteiger partial charge in [-0.25, -0.2) is 4.39 Å². The minimum Gasteiger partial charge on any atom is -0.490 e. The predicted octanol–water partition coefficient (Wildman–Crippen LogP) is 3.48. The third-order valence-electron chi connectivity index (χ3n) is 3.82. The molecule has 2 rings (SSSR count). The van der Waals surface area contributed by atoms with Gasteiger partial charge >= 0.3 is 0 Å². The zero-order chi connectivity index (χ0) is 14.4. The minimum absolute atomic E-state index is 0.200. The molecule has 2 unspecified atom stereocenters. The van der Waals surface area contributed by atoms with E-state index in [-0.39, 0.29) is 18.5 Å². The van der Waals surface area contributed by atoms with E-state index in [1.165, 1.54) is 31.4 Å². The molecule has 0 aliphatic heterocycles. The first-order valence-corrected chi connectivity index (χ1v) is 7.37. The second-order valence-corrected chi connectivity index (χ2v) is 5.36. The molecule has 3 heteroatoms. The highest BCUT2D eigenvalue weighted by molar-refractivity contribution is 5.40. The van der Waals surface area contributed by atoms with Crippen molar-refractivity contribution < 1.29 is 9.13 Å². The molecular weight excluding hydrogens is 253 g/mol. The Labute approximate surface area is 120 Å². The Morgan fingerprint density at radius 1 is 1.35 bits per heavy atom. The molecule has 1 aliphatic carbocycles. The van der Waals surface area contributed by atoms with Gasteiger partial charge in [-0.2, -0.15) is 0 Å². The van der Waals surface area contributed by atoms with Crippen molar-refractivity contribution in [2.24, 2.45) is 11.7 Å². The maximum absolute atomic E-state index is 13.6. The van der Waals surface area contributed by atoms with Crippen LogP contribution in [0.5, 0.6) is 5.75 Å². The van der Waals surface area contributed by atoms with Crippen LogP contribution < -0.4 is 10.5 Å². The molecule has 108 valence electrons. The molecule has 20 heavy (non-hydrogen) atoms. The summed E-state index contributed by atoms with van der Waals surface area (Å²) in [5, 5.41) is 0. The summed E-state index contributed by atoms with van der Waals surface area (Å²) in [6.45, 7) is 2.49. The Morgan fingerprint density at radius 3 is 2.95 bits per heavy atom. The topological polar surface area (TPSA) is 35.2 Å². The Kier molecular flexibility index (Phi) is 5.43. The molecule has 1 saturated carbocycles. The van der Waals surface area contributed by atoms with Crippen LogP contribution in [-0.2, 0) is 0 Å². The predicted molar refractivity (Wildman–Crippen MR) is 79.0 cm³/mol. The normalized spacial score (nSPS) is 21.9. The molecule has 1 aromatic carbocycles. The summed E-state index contributed by atoms with van der Waals surface area (Å²) < 4.78 is 19.5. The van der Waals surface area contributed by atoms with Gasteiger partial charge in [0, 0.05) is 11.6 Å². The molecular formula is C17H22FNO. The van der Waals surface area contributed by atoms with Crippen molar-refractivity contribution in [1.82, 2.24) is 0 Å². The highest BCUT2D eigenvalue weighted by atomic mass is 19.1. The van der Waals surface area contributed by atoms with Crippen LogP contribution in [0.1, 0.15) is 44.6 Å². The van der Waals surface area contributed by atoms with Crippen LogP contribution in [-0.4, -0.2) is 12.6 Å². The standard InChI is InChI=1S/C17H22FNO/c1-2-13-5-3-7-16(10-13)20-17-11-14(6-4-8-19)9-15(18)12-17/h9,11-13,16H,2-3,5,7-8,10,19H2,1H3. The lowest BCUT2D eigenvalue weighted by Crippen LogP contribution is -2.25. The second kappa shape index (κ2) is 7.31. The maximum atomic E-state index is 13.6. The van der Waals surface area contributed by atoms with E-state index >= 15 is 0 Å². The number of ether oxygens (including phenoxy) is 1. The molecule has 0 aromatic heterocycles. The summed E-state index contributed by atoms with van der Waals surface area (Å²) in [4.78, 5) is 0. The molecule has 2 nitrogen and oxygen atoms in total. The van der Waals surface area contributed by atoms with Gasteiger partial charge in [-0.3, -0.25) is 0 Å². The summed E-state index contributed by atoms with van der Waals surface area (Å²) in [6, 6.07) is 4.63. The average Bonchev–Trinajstić information content (AvgIpc) is 2.44. The van der Waals surface area contributed by atoms with Crippen molar-refractivity contribution in [3.8, 4) is 17.6 Å². The number of benzene rings is 1. The summed E-state index contributed by atoms with van der Waals surface area (Å²) in [7, 11) is 0. The lowest BCUT2D eigenvalue weighted by molar-refractivity contribution is 0.121. The molecule has 0 saturated heterocycles. The van der Waals surface area contributed by atoms with Crippen molar-refractivity contribution in [3.05, 3.63) is 29.6 Å². The van der Waals surface area contributed by atoms with Crippen LogP contribution in [0.3, 0.4) is 0 Å². The van der Waals surface area contributed by atoms with Crippen LogP contribution in [0.15, 0.2) is 18.2 Å². The van der Waals surface area contributed by atoms with Gasteiger partial charge in [0.25, 0.3) is 0 Å². The van der Waals surface area contributed by atoms with Gasteiger partial charge < -0.3 is 10.5 Å². The molecule has 1 aliphatic rings. The SMILES string of the molecule is CCC1CCCC(Oc2cc(F)cc(C#CCN)c2)C1. The zero-order valence-electron chi connectivity index (χ0n) is 12.0. The van der Waals surface area contributed by atoms with E-state index in [1.807, 2.05) is 0 Å². The van der Waals surface area contributed by atoms with E-state index in [0.29, 0.717) is 11.3 Å². The fraction of sp³-hybridized carbons (Fsp3) is 0.529. The lowest BCUT2D eigenvalue weighted by atomic mass is 9.85. The fourth-order valence-electron chi connectivity index (χ4n) is 2.77. The fourth-order valence-corrected chi connectivity index (χ4v) is 2.77. The number of hydrogen-bond donors (Lipinski definition) is 1. The third kappa shape index (κ3) is 4.25. The van der Waals surface area contributed by atoms with Crippen molar-refractivity contribution in [3.63, 3.8) is 0 Å². The monoisotopic (exact) mass is 275 g/mol. The van der Waals surface area contributed by atoms with E-state index in [0.717, 1.165) is 18.8 Å². The number of hydrogen-bond acceptors (Lipinski definition) is 2. The van der Waals surface area contributed by atoms with Crippen LogP contribution in [0.2, 0.25) is 0 Å². The molecule has 0 heterocycles. The number of halogens is 1. The zero-order valence-corrected chi connectivity index (χ0v) is 12.0. The van der Waals surface area contributed by atoms with Crippen LogP contribution in [0, 0.1) is 23.6 Å².